The zero-order valence-electron chi connectivity index (χ0n) is 23.0. The molecule has 0 saturated carbocycles. The Balaban J connectivity index is 1.16. The fraction of sp³-hybridized carbons (Fsp3) is 0.357. The summed E-state index contributed by atoms with van der Waals surface area (Å²) in [6.07, 6.45) is -1.64. The highest BCUT2D eigenvalue weighted by atomic mass is 35.5. The predicted molar refractivity (Wildman–Crippen MR) is 148 cm³/mol. The van der Waals surface area contributed by atoms with Crippen LogP contribution >= 0.6 is 11.6 Å². The number of aromatic nitrogens is 8. The Morgan fingerprint density at radius 2 is 2.02 bits per heavy atom. The van der Waals surface area contributed by atoms with Crippen molar-refractivity contribution in [2.45, 2.75) is 51.4 Å². The number of pyridine rings is 2. The maximum atomic E-state index is 14.3. The standard InChI is InChI=1S/C28H24ClF4N9O2/c29-17-2-1-16(20(30)8-17)14-44-27-19(28(31,32)33)7-15-3-5-41(12-23(15)36-27)13-25-35-21-9-22(26-37-39-40-38-26)34-10-24(21)42(25)11-18-4-6-43-18/h1-2,7-10,18H,3-6,11-14H2,(H,37,38,39,40)/t18-/m0/s1. The molecule has 1 fully saturated rings. The number of ether oxygens (including phenoxy) is 2. The molecule has 16 heteroatoms. The molecule has 2 aliphatic rings. The maximum Gasteiger partial charge on any atom is 0.421 e. The van der Waals surface area contributed by atoms with Gasteiger partial charge in [0.25, 0.3) is 0 Å². The first-order valence-electron chi connectivity index (χ1n) is 13.8. The molecule has 0 radical (unpaired) electrons. The molecule has 0 bridgehead atoms. The second kappa shape index (κ2) is 11.4. The van der Waals surface area contributed by atoms with Crippen molar-refractivity contribution < 1.29 is 27.0 Å². The number of fused-ring (bicyclic) bond motifs is 2. The van der Waals surface area contributed by atoms with Crippen molar-refractivity contribution in [2.75, 3.05) is 13.2 Å². The van der Waals surface area contributed by atoms with Gasteiger partial charge in [0.1, 0.15) is 29.5 Å². The van der Waals surface area contributed by atoms with Crippen molar-refractivity contribution in [3.8, 4) is 17.4 Å². The minimum Gasteiger partial charge on any atom is -0.472 e. The summed E-state index contributed by atoms with van der Waals surface area (Å²) in [6.45, 7) is 2.04. The summed E-state index contributed by atoms with van der Waals surface area (Å²) in [5.74, 6) is -0.168. The SMILES string of the molecule is Fc1cc(Cl)ccc1COc1nc2c(cc1C(F)(F)F)CCN(Cc1nc3cc(-c4nn[nH]n4)ncc3n1C[C@@H]1CCO1)C2. The number of hydrogen-bond acceptors (Lipinski definition) is 9. The number of rotatable bonds is 8. The molecule has 1 N–H and O–H groups in total. The highest BCUT2D eigenvalue weighted by Gasteiger charge is 2.37. The quantitative estimate of drug-likeness (QED) is 0.243. The average molecular weight is 630 g/mol. The number of nitrogens with zero attached hydrogens (tertiary/aromatic N) is 8. The summed E-state index contributed by atoms with van der Waals surface area (Å²) in [6, 6.07) is 6.77. The first kappa shape index (κ1) is 28.6. The van der Waals surface area contributed by atoms with Gasteiger partial charge in [-0.15, -0.1) is 10.2 Å². The van der Waals surface area contributed by atoms with Crippen LogP contribution in [0.1, 0.15) is 34.6 Å². The van der Waals surface area contributed by atoms with E-state index in [1.165, 1.54) is 12.1 Å². The third-order valence-electron chi connectivity index (χ3n) is 7.74. The number of imidazole rings is 1. The second-order valence-corrected chi connectivity index (χ2v) is 11.1. The molecule has 1 saturated heterocycles. The highest BCUT2D eigenvalue weighted by Crippen LogP contribution is 2.38. The third kappa shape index (κ3) is 5.69. The Hall–Kier alpha value is -4.21. The van der Waals surface area contributed by atoms with Crippen LogP contribution in [0.3, 0.4) is 0 Å². The Kier molecular flexibility index (Phi) is 7.38. The number of tetrazole rings is 1. The van der Waals surface area contributed by atoms with Crippen molar-refractivity contribution in [3.05, 3.63) is 75.6 Å². The number of aromatic amines is 1. The molecule has 2 aliphatic heterocycles. The smallest absolute Gasteiger partial charge is 0.421 e. The van der Waals surface area contributed by atoms with Crippen LogP contribution in [0.25, 0.3) is 22.6 Å². The Labute approximate surface area is 252 Å². The molecule has 0 aliphatic carbocycles. The van der Waals surface area contributed by atoms with Crippen LogP contribution < -0.4 is 4.74 Å². The maximum absolute atomic E-state index is 14.3. The van der Waals surface area contributed by atoms with Gasteiger partial charge >= 0.3 is 6.18 Å². The van der Waals surface area contributed by atoms with Gasteiger partial charge in [-0.1, -0.05) is 17.7 Å². The lowest BCUT2D eigenvalue weighted by molar-refractivity contribution is -0.139. The highest BCUT2D eigenvalue weighted by molar-refractivity contribution is 6.30. The molecule has 11 nitrogen and oxygen atoms in total. The lowest BCUT2D eigenvalue weighted by Crippen LogP contribution is -2.34. The van der Waals surface area contributed by atoms with Crippen molar-refractivity contribution in [1.82, 2.24) is 45.0 Å². The van der Waals surface area contributed by atoms with Crippen molar-refractivity contribution in [2.24, 2.45) is 0 Å². The van der Waals surface area contributed by atoms with Crippen molar-refractivity contribution in [1.29, 1.82) is 0 Å². The number of hydrogen-bond donors (Lipinski definition) is 1. The number of nitrogens with one attached hydrogen (secondary N) is 1. The number of benzene rings is 1. The van der Waals surface area contributed by atoms with E-state index in [9.17, 15) is 17.6 Å². The van der Waals surface area contributed by atoms with Crippen molar-refractivity contribution in [3.63, 3.8) is 0 Å². The lowest BCUT2D eigenvalue weighted by atomic mass is 10.0. The largest absolute Gasteiger partial charge is 0.472 e. The molecule has 4 aromatic heterocycles. The predicted octanol–water partition coefficient (Wildman–Crippen LogP) is 4.74. The summed E-state index contributed by atoms with van der Waals surface area (Å²) in [7, 11) is 0. The van der Waals surface area contributed by atoms with Gasteiger partial charge in [-0.25, -0.2) is 14.4 Å². The van der Waals surface area contributed by atoms with Crippen LogP contribution in [0.15, 0.2) is 36.5 Å². The number of alkyl halides is 3. The molecule has 0 unspecified atom stereocenters. The minimum absolute atomic E-state index is 0.0535. The molecule has 1 atom stereocenters. The van der Waals surface area contributed by atoms with Crippen LogP contribution in [0.2, 0.25) is 5.02 Å². The fourth-order valence-electron chi connectivity index (χ4n) is 5.35. The normalized spacial score (nSPS) is 17.1. The molecule has 44 heavy (non-hydrogen) atoms. The van der Waals surface area contributed by atoms with Crippen LogP contribution in [0, 0.1) is 5.82 Å². The summed E-state index contributed by atoms with van der Waals surface area (Å²) in [5, 5.41) is 14.2. The molecule has 0 spiro atoms. The number of H-pyrrole nitrogens is 1. The summed E-state index contributed by atoms with van der Waals surface area (Å²) in [5.41, 5.74) is 2.06. The first-order chi connectivity index (χ1) is 21.2. The minimum atomic E-state index is -4.70. The second-order valence-electron chi connectivity index (χ2n) is 10.6. The van der Waals surface area contributed by atoms with Gasteiger partial charge in [-0.05, 0) is 47.9 Å². The van der Waals surface area contributed by atoms with Crippen LogP contribution in [-0.2, 0) is 43.6 Å². The molecule has 6 heterocycles. The summed E-state index contributed by atoms with van der Waals surface area (Å²) < 4.78 is 69.4. The zero-order valence-corrected chi connectivity index (χ0v) is 23.7. The van der Waals surface area contributed by atoms with E-state index in [0.29, 0.717) is 61.0 Å². The van der Waals surface area contributed by atoms with Crippen molar-refractivity contribution >= 4 is 22.6 Å². The van der Waals surface area contributed by atoms with Gasteiger partial charge in [0.15, 0.2) is 0 Å². The Bertz CT molecular complexity index is 1830. The van der Waals surface area contributed by atoms with E-state index in [4.69, 9.17) is 26.1 Å². The van der Waals surface area contributed by atoms with Gasteiger partial charge in [0, 0.05) is 30.3 Å². The van der Waals surface area contributed by atoms with E-state index in [0.717, 1.165) is 29.9 Å². The van der Waals surface area contributed by atoms with Gasteiger partial charge in [0.05, 0.1) is 42.1 Å². The molecule has 5 aromatic rings. The lowest BCUT2D eigenvalue weighted by Gasteiger charge is -2.30. The fourth-order valence-corrected chi connectivity index (χ4v) is 5.51. The molecule has 0 amide bonds. The molecule has 1 aromatic carbocycles. The van der Waals surface area contributed by atoms with E-state index in [1.54, 1.807) is 12.3 Å². The van der Waals surface area contributed by atoms with Crippen LogP contribution in [-0.4, -0.2) is 64.3 Å². The van der Waals surface area contributed by atoms with Gasteiger partial charge in [-0.2, -0.15) is 18.4 Å². The Morgan fingerprint density at radius 3 is 2.75 bits per heavy atom. The number of halogens is 5. The van der Waals surface area contributed by atoms with Gasteiger partial charge < -0.3 is 14.0 Å². The van der Waals surface area contributed by atoms with E-state index in [2.05, 4.69) is 40.1 Å². The van der Waals surface area contributed by atoms with E-state index in [1.807, 2.05) is 0 Å². The first-order valence-corrected chi connectivity index (χ1v) is 14.2. The Morgan fingerprint density at radius 1 is 1.16 bits per heavy atom. The summed E-state index contributed by atoms with van der Waals surface area (Å²) in [4.78, 5) is 15.7. The topological polar surface area (TPSA) is 120 Å². The molecular weight excluding hydrogens is 606 g/mol. The van der Waals surface area contributed by atoms with E-state index < -0.39 is 30.0 Å². The van der Waals surface area contributed by atoms with Crippen LogP contribution in [0.4, 0.5) is 17.6 Å². The van der Waals surface area contributed by atoms with E-state index in [-0.39, 0.29) is 23.2 Å². The average Bonchev–Trinajstić information content (AvgIpc) is 3.61. The van der Waals surface area contributed by atoms with Crippen LogP contribution in [0.5, 0.6) is 5.88 Å². The molecule has 7 rings (SSSR count). The molecule has 228 valence electrons. The third-order valence-corrected chi connectivity index (χ3v) is 7.98. The van der Waals surface area contributed by atoms with E-state index >= 15 is 0 Å². The molecular formula is C28H24ClF4N9O2. The summed E-state index contributed by atoms with van der Waals surface area (Å²) >= 11 is 5.80. The van der Waals surface area contributed by atoms with Gasteiger partial charge in [0.2, 0.25) is 11.7 Å². The zero-order chi connectivity index (χ0) is 30.4. The monoisotopic (exact) mass is 629 g/mol. The van der Waals surface area contributed by atoms with Gasteiger partial charge in [-0.3, -0.25) is 9.88 Å².